The lowest BCUT2D eigenvalue weighted by Crippen LogP contribution is -2.37. The van der Waals surface area contributed by atoms with Gasteiger partial charge in [-0.2, -0.15) is 0 Å². The van der Waals surface area contributed by atoms with Gasteiger partial charge in [0.1, 0.15) is 5.82 Å². The number of aryl methyl sites for hydroxylation is 1. The number of nitrogens with zero attached hydrogens (tertiary/aromatic N) is 4. The Morgan fingerprint density at radius 3 is 2.44 bits per heavy atom. The summed E-state index contributed by atoms with van der Waals surface area (Å²) in [4.78, 5) is 29.7. The first-order valence-electron chi connectivity index (χ1n) is 8.91. The van der Waals surface area contributed by atoms with Gasteiger partial charge in [-0.3, -0.25) is 13.9 Å². The molecule has 0 saturated heterocycles. The molecule has 0 spiro atoms. The number of ether oxygens (including phenoxy) is 1. The second-order valence-corrected chi connectivity index (χ2v) is 7.40. The van der Waals surface area contributed by atoms with Gasteiger partial charge in [0.2, 0.25) is 0 Å². The summed E-state index contributed by atoms with van der Waals surface area (Å²) >= 11 is 3.44. The second kappa shape index (κ2) is 8.22. The van der Waals surface area contributed by atoms with Gasteiger partial charge < -0.3 is 9.30 Å². The fourth-order valence-electron chi connectivity index (χ4n) is 3.04. The summed E-state index contributed by atoms with van der Waals surface area (Å²) < 4.78 is 11.0. The van der Waals surface area contributed by atoms with Crippen LogP contribution in [0.1, 0.15) is 24.7 Å². The Morgan fingerprint density at radius 1 is 1.07 bits per heavy atom. The van der Waals surface area contributed by atoms with Crippen LogP contribution in [0.15, 0.2) is 38.3 Å². The Bertz CT molecular complexity index is 1060. The third-order valence-electron chi connectivity index (χ3n) is 4.50. The predicted octanol–water partition coefficient (Wildman–Crippen LogP) is 2.21. The lowest BCUT2D eigenvalue weighted by atomic mass is 10.2. The monoisotopic (exact) mass is 434 g/mol. The van der Waals surface area contributed by atoms with Crippen molar-refractivity contribution >= 4 is 27.1 Å². The fourth-order valence-corrected chi connectivity index (χ4v) is 3.30. The molecule has 0 aliphatic heterocycles. The number of aromatic nitrogens is 4. The lowest BCUT2D eigenvalue weighted by Gasteiger charge is -2.10. The zero-order valence-electron chi connectivity index (χ0n) is 15.7. The molecule has 0 amide bonds. The van der Waals surface area contributed by atoms with Crippen LogP contribution in [0, 0.1) is 0 Å². The number of fused-ring (bicyclic) bond motifs is 1. The van der Waals surface area contributed by atoms with Crippen molar-refractivity contribution in [1.82, 2.24) is 18.7 Å². The van der Waals surface area contributed by atoms with E-state index in [0.29, 0.717) is 37.3 Å². The molecular formula is C19H23BrN4O3. The lowest BCUT2D eigenvalue weighted by molar-refractivity contribution is 0.136. The van der Waals surface area contributed by atoms with Crippen molar-refractivity contribution in [3.05, 3.63) is 61.0 Å². The van der Waals surface area contributed by atoms with Crippen LogP contribution < -0.4 is 11.2 Å². The molecule has 0 radical (unpaired) electrons. The zero-order chi connectivity index (χ0) is 19.6. The molecule has 3 rings (SSSR count). The molecule has 0 N–H and O–H groups in total. The highest BCUT2D eigenvalue weighted by molar-refractivity contribution is 9.10. The molecule has 2 aromatic heterocycles. The molecule has 27 heavy (non-hydrogen) atoms. The minimum atomic E-state index is -0.380. The Kier molecular flexibility index (Phi) is 5.96. The number of hydrogen-bond acceptors (Lipinski definition) is 4. The largest absolute Gasteiger partial charge is 0.381 e. The number of rotatable bonds is 7. The molecule has 0 atom stereocenters. The summed E-state index contributed by atoms with van der Waals surface area (Å²) in [5, 5.41) is 0. The number of imidazole rings is 1. The van der Waals surface area contributed by atoms with Gasteiger partial charge in [-0.1, -0.05) is 35.0 Å². The highest BCUT2D eigenvalue weighted by Gasteiger charge is 2.19. The smallest absolute Gasteiger partial charge is 0.332 e. The fraction of sp³-hybridized carbons (Fsp3) is 0.421. The number of halogens is 1. The van der Waals surface area contributed by atoms with E-state index in [9.17, 15) is 9.59 Å². The van der Waals surface area contributed by atoms with Crippen LogP contribution in [0.3, 0.4) is 0 Å². The highest BCUT2D eigenvalue weighted by Crippen LogP contribution is 2.17. The van der Waals surface area contributed by atoms with Crippen LogP contribution in [0.4, 0.5) is 0 Å². The molecule has 0 saturated carbocycles. The van der Waals surface area contributed by atoms with Crippen LogP contribution in [0.2, 0.25) is 0 Å². The minimum Gasteiger partial charge on any atom is -0.381 e. The van der Waals surface area contributed by atoms with Gasteiger partial charge in [0.15, 0.2) is 11.2 Å². The van der Waals surface area contributed by atoms with Crippen LogP contribution in [-0.4, -0.2) is 31.9 Å². The molecule has 144 valence electrons. The van der Waals surface area contributed by atoms with E-state index < -0.39 is 0 Å². The molecule has 7 nitrogen and oxygen atoms in total. The van der Waals surface area contributed by atoms with Gasteiger partial charge in [-0.05, 0) is 24.1 Å². The Morgan fingerprint density at radius 2 is 1.78 bits per heavy atom. The third-order valence-corrected chi connectivity index (χ3v) is 5.03. The Labute approximate surface area is 165 Å². The average Bonchev–Trinajstić information content (AvgIpc) is 3.02. The maximum Gasteiger partial charge on any atom is 0.332 e. The second-order valence-electron chi connectivity index (χ2n) is 6.48. The van der Waals surface area contributed by atoms with Crippen LogP contribution in [0.5, 0.6) is 0 Å². The van der Waals surface area contributed by atoms with E-state index in [2.05, 4.69) is 27.8 Å². The molecule has 0 aliphatic carbocycles. The predicted molar refractivity (Wildman–Crippen MR) is 108 cm³/mol. The molecular weight excluding hydrogens is 412 g/mol. The van der Waals surface area contributed by atoms with Crippen molar-refractivity contribution in [2.24, 2.45) is 14.1 Å². The van der Waals surface area contributed by atoms with Crippen LogP contribution in [-0.2, 0) is 31.8 Å². The summed E-state index contributed by atoms with van der Waals surface area (Å²) in [6.45, 7) is 3.77. The highest BCUT2D eigenvalue weighted by atomic mass is 79.9. The van der Waals surface area contributed by atoms with Crippen molar-refractivity contribution < 1.29 is 4.74 Å². The molecule has 1 aromatic carbocycles. The number of hydrogen-bond donors (Lipinski definition) is 0. The van der Waals surface area contributed by atoms with Crippen molar-refractivity contribution in [3.63, 3.8) is 0 Å². The first-order chi connectivity index (χ1) is 12.9. The molecule has 0 bridgehead atoms. The number of benzene rings is 1. The van der Waals surface area contributed by atoms with Gasteiger partial charge in [0.25, 0.3) is 5.56 Å². The summed E-state index contributed by atoms with van der Waals surface area (Å²) in [6, 6.07) is 7.93. The van der Waals surface area contributed by atoms with Crippen molar-refractivity contribution in [2.45, 2.75) is 26.3 Å². The average molecular weight is 435 g/mol. The minimum absolute atomic E-state index is 0.335. The molecule has 8 heteroatoms. The maximum absolute atomic E-state index is 12.8. The first kappa shape index (κ1) is 19.6. The third kappa shape index (κ3) is 3.91. The SMILES string of the molecule is CCCOCCc1nc2c(c(=O)n(C)c(=O)n2C)n1Cc1ccc(Br)cc1. The maximum atomic E-state index is 12.8. The van der Waals surface area contributed by atoms with E-state index in [1.807, 2.05) is 28.8 Å². The van der Waals surface area contributed by atoms with E-state index in [-0.39, 0.29) is 11.2 Å². The van der Waals surface area contributed by atoms with Crippen molar-refractivity contribution in [2.75, 3.05) is 13.2 Å². The van der Waals surface area contributed by atoms with Gasteiger partial charge in [0.05, 0.1) is 6.61 Å². The Hall–Kier alpha value is -2.19. The molecule has 2 heterocycles. The summed E-state index contributed by atoms with van der Waals surface area (Å²) in [5.41, 5.74) is 1.18. The van der Waals surface area contributed by atoms with Gasteiger partial charge in [-0.15, -0.1) is 0 Å². The molecule has 3 aromatic rings. The van der Waals surface area contributed by atoms with Gasteiger partial charge in [-0.25, -0.2) is 9.78 Å². The van der Waals surface area contributed by atoms with E-state index in [0.717, 1.165) is 26.8 Å². The normalized spacial score (nSPS) is 11.4. The molecule has 0 unspecified atom stereocenters. The summed E-state index contributed by atoms with van der Waals surface area (Å²) in [7, 11) is 3.13. The van der Waals surface area contributed by atoms with E-state index in [4.69, 9.17) is 4.74 Å². The first-order valence-corrected chi connectivity index (χ1v) is 9.70. The molecule has 0 aliphatic rings. The van der Waals surface area contributed by atoms with E-state index >= 15 is 0 Å². The topological polar surface area (TPSA) is 71.1 Å². The van der Waals surface area contributed by atoms with Crippen molar-refractivity contribution in [1.29, 1.82) is 0 Å². The zero-order valence-corrected chi connectivity index (χ0v) is 17.3. The standard InChI is InChI=1S/C19H23BrN4O3/c1-4-10-27-11-9-15-21-17-16(18(25)23(3)19(26)22(17)2)24(15)12-13-5-7-14(20)8-6-13/h5-8H,4,9-12H2,1-3H3. The van der Waals surface area contributed by atoms with Crippen LogP contribution >= 0.6 is 15.9 Å². The van der Waals surface area contributed by atoms with Crippen LogP contribution in [0.25, 0.3) is 11.2 Å². The van der Waals surface area contributed by atoms with E-state index in [1.54, 1.807) is 7.05 Å². The summed E-state index contributed by atoms with van der Waals surface area (Å²) in [6.07, 6.45) is 1.52. The van der Waals surface area contributed by atoms with E-state index in [1.165, 1.54) is 11.6 Å². The quantitative estimate of drug-likeness (QED) is 0.534. The van der Waals surface area contributed by atoms with Gasteiger partial charge >= 0.3 is 5.69 Å². The molecule has 0 fully saturated rings. The van der Waals surface area contributed by atoms with Crippen molar-refractivity contribution in [3.8, 4) is 0 Å². The summed E-state index contributed by atoms with van der Waals surface area (Å²) in [5.74, 6) is 0.738. The van der Waals surface area contributed by atoms with Gasteiger partial charge in [0, 0.05) is 38.1 Å². The Balaban J connectivity index is 2.12.